The number of piperidine rings is 1. The lowest BCUT2D eigenvalue weighted by molar-refractivity contribution is -0.138. The zero-order chi connectivity index (χ0) is 10.6. The Morgan fingerprint density at radius 2 is 1.79 bits per heavy atom. The molecule has 1 heterocycles. The maximum Gasteiger partial charge on any atom is 0.340 e. The average Bonchev–Trinajstić information content (AvgIpc) is 2.19. The molecule has 14 heavy (non-hydrogen) atoms. The molecule has 78 valence electrons. The Morgan fingerprint density at radius 3 is 2.21 bits per heavy atom. The van der Waals surface area contributed by atoms with E-state index in [1.807, 2.05) is 0 Å². The first kappa shape index (κ1) is 10.8. The van der Waals surface area contributed by atoms with E-state index in [4.69, 9.17) is 5.11 Å². The third kappa shape index (κ3) is 2.34. The first-order valence-electron chi connectivity index (χ1n) is 4.85. The minimum Gasteiger partial charge on any atom is -0.478 e. The van der Waals surface area contributed by atoms with Gasteiger partial charge >= 0.3 is 5.97 Å². The quantitative estimate of drug-likeness (QED) is 0.408. The molecule has 1 amide bonds. The van der Waals surface area contributed by atoms with Crippen LogP contribution in [0.5, 0.6) is 0 Å². The summed E-state index contributed by atoms with van der Waals surface area (Å²) < 4.78 is 0. The first-order chi connectivity index (χ1) is 6.66. The molecule has 1 N–H and O–H groups in total. The molecule has 1 aliphatic rings. The van der Waals surface area contributed by atoms with Crippen LogP contribution in [0.25, 0.3) is 0 Å². The van der Waals surface area contributed by atoms with Crippen molar-refractivity contribution in [1.29, 1.82) is 0 Å². The molecule has 0 aromatic heterocycles. The van der Waals surface area contributed by atoms with Crippen molar-refractivity contribution in [3.8, 4) is 0 Å². The highest BCUT2D eigenvalue weighted by Crippen LogP contribution is 2.12. The number of carboxylic acids is 1. The second-order valence-corrected chi connectivity index (χ2v) is 3.36. The number of carbonyl (C=O) groups is 2. The Hall–Kier alpha value is -1.32. The predicted molar refractivity (Wildman–Crippen MR) is 51.8 cm³/mol. The van der Waals surface area contributed by atoms with Crippen LogP contribution >= 0.6 is 0 Å². The van der Waals surface area contributed by atoms with Crippen LogP contribution in [0.2, 0.25) is 0 Å². The van der Waals surface area contributed by atoms with Crippen molar-refractivity contribution < 1.29 is 14.7 Å². The molecule has 0 unspecified atom stereocenters. The van der Waals surface area contributed by atoms with E-state index in [1.54, 1.807) is 11.8 Å². The highest BCUT2D eigenvalue weighted by atomic mass is 16.4. The van der Waals surface area contributed by atoms with Gasteiger partial charge in [0.05, 0.1) is 0 Å². The van der Waals surface area contributed by atoms with Crippen LogP contribution in [0.4, 0.5) is 0 Å². The van der Waals surface area contributed by atoms with Crippen molar-refractivity contribution in [2.24, 2.45) is 0 Å². The van der Waals surface area contributed by atoms with E-state index in [0.29, 0.717) is 13.1 Å². The smallest absolute Gasteiger partial charge is 0.340 e. The molecule has 1 saturated heterocycles. The topological polar surface area (TPSA) is 57.6 Å². The Labute approximate surface area is 83.2 Å². The lowest BCUT2D eigenvalue weighted by Gasteiger charge is -2.26. The van der Waals surface area contributed by atoms with Crippen LogP contribution < -0.4 is 0 Å². The standard InChI is InChI=1S/C10H15NO3/c1-2-8(10(13)14)9(12)11-6-4-3-5-7-11/h2H,3-7H2,1H3,(H,13,14)/b8-2+. The molecular formula is C10H15NO3. The molecule has 4 heteroatoms. The molecule has 0 bridgehead atoms. The number of carbonyl (C=O) groups excluding carboxylic acids is 1. The summed E-state index contributed by atoms with van der Waals surface area (Å²) in [6, 6.07) is 0. The first-order valence-corrected chi connectivity index (χ1v) is 4.85. The highest BCUT2D eigenvalue weighted by Gasteiger charge is 2.23. The van der Waals surface area contributed by atoms with Gasteiger partial charge in [0, 0.05) is 13.1 Å². The number of aliphatic carboxylic acids is 1. The lowest BCUT2D eigenvalue weighted by atomic mass is 10.1. The molecular weight excluding hydrogens is 182 g/mol. The monoisotopic (exact) mass is 197 g/mol. The van der Waals surface area contributed by atoms with Gasteiger partial charge in [0.25, 0.3) is 5.91 Å². The Morgan fingerprint density at radius 1 is 1.21 bits per heavy atom. The summed E-state index contributed by atoms with van der Waals surface area (Å²) in [5.41, 5.74) is -0.119. The van der Waals surface area contributed by atoms with Gasteiger partial charge in [-0.1, -0.05) is 6.08 Å². The van der Waals surface area contributed by atoms with Gasteiger partial charge in [-0.05, 0) is 26.2 Å². The molecule has 1 rings (SSSR count). The van der Waals surface area contributed by atoms with Gasteiger partial charge in [-0.25, -0.2) is 4.79 Å². The zero-order valence-electron chi connectivity index (χ0n) is 8.32. The number of allylic oxidation sites excluding steroid dienone is 1. The number of likely N-dealkylation sites (tertiary alicyclic amines) is 1. The van der Waals surface area contributed by atoms with Gasteiger partial charge in [-0.3, -0.25) is 4.79 Å². The molecule has 0 radical (unpaired) electrons. The molecule has 0 atom stereocenters. The molecule has 0 saturated carbocycles. The third-order valence-electron chi connectivity index (χ3n) is 2.39. The summed E-state index contributed by atoms with van der Waals surface area (Å²) in [4.78, 5) is 24.0. The number of nitrogens with zero attached hydrogens (tertiary/aromatic N) is 1. The third-order valence-corrected chi connectivity index (χ3v) is 2.39. The molecule has 0 aromatic rings. The van der Waals surface area contributed by atoms with Crippen molar-refractivity contribution in [1.82, 2.24) is 4.90 Å². The van der Waals surface area contributed by atoms with Crippen LogP contribution in [0.15, 0.2) is 11.6 Å². The van der Waals surface area contributed by atoms with E-state index in [0.717, 1.165) is 19.3 Å². The van der Waals surface area contributed by atoms with Gasteiger partial charge in [0.1, 0.15) is 5.57 Å². The SMILES string of the molecule is C/C=C(/C(=O)O)C(=O)N1CCCCC1. The number of amides is 1. The zero-order valence-corrected chi connectivity index (χ0v) is 8.32. The van der Waals surface area contributed by atoms with E-state index in [1.165, 1.54) is 6.08 Å². The fourth-order valence-electron chi connectivity index (χ4n) is 1.61. The largest absolute Gasteiger partial charge is 0.478 e. The van der Waals surface area contributed by atoms with Crippen LogP contribution in [0.3, 0.4) is 0 Å². The van der Waals surface area contributed by atoms with Crippen LogP contribution in [0.1, 0.15) is 26.2 Å². The summed E-state index contributed by atoms with van der Waals surface area (Å²) in [6.07, 6.45) is 4.44. The maximum atomic E-state index is 11.6. The summed E-state index contributed by atoms with van der Waals surface area (Å²) in [7, 11) is 0. The van der Waals surface area contributed by atoms with E-state index >= 15 is 0 Å². The summed E-state index contributed by atoms with van der Waals surface area (Å²) in [6.45, 7) is 2.94. The Bertz CT molecular complexity index is 265. The molecule has 4 nitrogen and oxygen atoms in total. The van der Waals surface area contributed by atoms with Crippen molar-refractivity contribution in [3.05, 3.63) is 11.6 Å². The lowest BCUT2D eigenvalue weighted by Crippen LogP contribution is -2.38. The average molecular weight is 197 g/mol. The van der Waals surface area contributed by atoms with Crippen molar-refractivity contribution in [2.75, 3.05) is 13.1 Å². The Balaban J connectivity index is 2.67. The van der Waals surface area contributed by atoms with Gasteiger partial charge < -0.3 is 10.0 Å². The van der Waals surface area contributed by atoms with E-state index in [2.05, 4.69) is 0 Å². The van der Waals surface area contributed by atoms with E-state index in [9.17, 15) is 9.59 Å². The predicted octanol–water partition coefficient (Wildman–Crippen LogP) is 1.03. The fraction of sp³-hybridized carbons (Fsp3) is 0.600. The normalized spacial score (nSPS) is 18.1. The van der Waals surface area contributed by atoms with Crippen molar-refractivity contribution >= 4 is 11.9 Å². The summed E-state index contributed by atoms with van der Waals surface area (Å²) >= 11 is 0. The highest BCUT2D eigenvalue weighted by molar-refractivity contribution is 6.15. The molecule has 1 fully saturated rings. The minimum atomic E-state index is -1.14. The minimum absolute atomic E-state index is 0.119. The number of hydrogen-bond acceptors (Lipinski definition) is 2. The van der Waals surface area contributed by atoms with Gasteiger partial charge in [-0.2, -0.15) is 0 Å². The molecule has 0 aliphatic carbocycles. The van der Waals surface area contributed by atoms with Gasteiger partial charge in [0.15, 0.2) is 0 Å². The van der Waals surface area contributed by atoms with Crippen molar-refractivity contribution in [2.45, 2.75) is 26.2 Å². The van der Waals surface area contributed by atoms with Crippen LogP contribution in [-0.2, 0) is 9.59 Å². The maximum absolute atomic E-state index is 11.6. The summed E-state index contributed by atoms with van der Waals surface area (Å²) in [5.74, 6) is -1.48. The van der Waals surface area contributed by atoms with Gasteiger partial charge in [0.2, 0.25) is 0 Å². The molecule has 0 aromatic carbocycles. The number of carboxylic acid groups (broad SMARTS) is 1. The summed E-state index contributed by atoms with van der Waals surface area (Å²) in [5, 5.41) is 8.76. The van der Waals surface area contributed by atoms with Crippen molar-refractivity contribution in [3.63, 3.8) is 0 Å². The number of rotatable bonds is 2. The second-order valence-electron chi connectivity index (χ2n) is 3.36. The second kappa shape index (κ2) is 4.79. The Kier molecular flexibility index (Phi) is 3.68. The van der Waals surface area contributed by atoms with Gasteiger partial charge in [-0.15, -0.1) is 0 Å². The molecule has 0 spiro atoms. The fourth-order valence-corrected chi connectivity index (χ4v) is 1.61. The van der Waals surface area contributed by atoms with E-state index in [-0.39, 0.29) is 11.5 Å². The van der Waals surface area contributed by atoms with E-state index < -0.39 is 5.97 Å². The number of hydrogen-bond donors (Lipinski definition) is 1. The molecule has 1 aliphatic heterocycles. The van der Waals surface area contributed by atoms with Crippen LogP contribution in [-0.4, -0.2) is 35.0 Å². The van der Waals surface area contributed by atoms with Crippen LogP contribution in [0, 0.1) is 0 Å².